The van der Waals surface area contributed by atoms with E-state index < -0.39 is 5.91 Å². The number of aromatic nitrogens is 2. The molecule has 1 amide bonds. The zero-order chi connectivity index (χ0) is 20.2. The number of thiophene rings is 1. The predicted octanol–water partition coefficient (Wildman–Crippen LogP) is 3.81. The predicted molar refractivity (Wildman–Crippen MR) is 115 cm³/mol. The number of carbonyl (C=O) groups excluding carboxylic acids is 2. The second kappa shape index (κ2) is 8.30. The molecule has 0 aliphatic heterocycles. The summed E-state index contributed by atoms with van der Waals surface area (Å²) in [5.74, 6) is -0.344. The van der Waals surface area contributed by atoms with Crippen molar-refractivity contribution in [3.05, 3.63) is 76.9 Å². The molecular formula is C22H18N4O2S. The van der Waals surface area contributed by atoms with Gasteiger partial charge in [0.15, 0.2) is 0 Å². The Hall–Kier alpha value is -3.42. The van der Waals surface area contributed by atoms with Gasteiger partial charge in [0.1, 0.15) is 11.1 Å². The molecule has 0 saturated carbocycles. The summed E-state index contributed by atoms with van der Waals surface area (Å²) in [6, 6.07) is 16.9. The Morgan fingerprint density at radius 2 is 1.97 bits per heavy atom. The first kappa shape index (κ1) is 18.9. The zero-order valence-corrected chi connectivity index (χ0v) is 16.3. The lowest BCUT2D eigenvalue weighted by atomic mass is 10.1. The lowest BCUT2D eigenvalue weighted by Crippen LogP contribution is -2.17. The Morgan fingerprint density at radius 1 is 1.10 bits per heavy atom. The molecule has 7 heteroatoms. The van der Waals surface area contributed by atoms with Crippen LogP contribution in [0.4, 0.5) is 5.69 Å². The van der Waals surface area contributed by atoms with Gasteiger partial charge in [-0.2, -0.15) is 0 Å². The molecule has 0 unspecified atom stereocenters. The van der Waals surface area contributed by atoms with Gasteiger partial charge in [0.05, 0.1) is 5.69 Å². The molecule has 4 aromatic rings. The molecule has 0 saturated heterocycles. The first-order chi connectivity index (χ1) is 14.2. The molecule has 0 aliphatic rings. The van der Waals surface area contributed by atoms with E-state index in [2.05, 4.69) is 15.3 Å². The van der Waals surface area contributed by atoms with Gasteiger partial charge in [-0.25, -0.2) is 9.97 Å². The Morgan fingerprint density at radius 3 is 2.79 bits per heavy atom. The van der Waals surface area contributed by atoms with Gasteiger partial charge in [0.25, 0.3) is 5.91 Å². The number of para-hydroxylation sites is 1. The van der Waals surface area contributed by atoms with E-state index in [0.717, 1.165) is 33.2 Å². The normalized spacial score (nSPS) is 10.8. The van der Waals surface area contributed by atoms with Crippen LogP contribution in [0.15, 0.2) is 60.0 Å². The topological polar surface area (TPSA) is 98.0 Å². The fourth-order valence-corrected chi connectivity index (χ4v) is 3.87. The first-order valence-electron chi connectivity index (χ1n) is 9.07. The standard InChI is InChI=1S/C22H18N4O2S/c23-13-14-4-3-6-16(12-14)19-17-9-11-29-22(17)26-20(25-19)21(28)24-18-7-2-1-5-15(18)8-10-27/h1-7,9-12H,8,13,23H2,(H,24,28). The van der Waals surface area contributed by atoms with Crippen molar-refractivity contribution < 1.29 is 9.59 Å². The number of benzene rings is 2. The maximum absolute atomic E-state index is 12.9. The molecule has 0 spiro atoms. The second-order valence-corrected chi connectivity index (χ2v) is 7.32. The molecule has 144 valence electrons. The zero-order valence-electron chi connectivity index (χ0n) is 15.5. The number of rotatable bonds is 6. The molecular weight excluding hydrogens is 384 g/mol. The summed E-state index contributed by atoms with van der Waals surface area (Å²) < 4.78 is 0. The van der Waals surface area contributed by atoms with Crippen LogP contribution in [0.1, 0.15) is 21.7 Å². The number of amides is 1. The molecule has 3 N–H and O–H groups in total. The minimum absolute atomic E-state index is 0.0778. The number of hydrogen-bond acceptors (Lipinski definition) is 6. The lowest BCUT2D eigenvalue weighted by molar-refractivity contribution is -0.107. The van der Waals surface area contributed by atoms with E-state index in [0.29, 0.717) is 17.9 Å². The van der Waals surface area contributed by atoms with Crippen LogP contribution in [-0.2, 0) is 17.8 Å². The molecule has 6 nitrogen and oxygen atoms in total. The third-order valence-electron chi connectivity index (χ3n) is 4.53. The van der Waals surface area contributed by atoms with Gasteiger partial charge >= 0.3 is 0 Å². The largest absolute Gasteiger partial charge is 0.326 e. The summed E-state index contributed by atoms with van der Waals surface area (Å²) in [4.78, 5) is 33.5. The van der Waals surface area contributed by atoms with Crippen molar-refractivity contribution in [3.63, 3.8) is 0 Å². The highest BCUT2D eigenvalue weighted by molar-refractivity contribution is 7.16. The lowest BCUT2D eigenvalue weighted by Gasteiger charge is -2.10. The third-order valence-corrected chi connectivity index (χ3v) is 5.34. The molecule has 2 aromatic heterocycles. The first-order valence-corrected chi connectivity index (χ1v) is 9.95. The number of fused-ring (bicyclic) bond motifs is 1. The number of hydrogen-bond donors (Lipinski definition) is 2. The van der Waals surface area contributed by atoms with Crippen molar-refractivity contribution in [2.75, 3.05) is 5.32 Å². The molecule has 0 radical (unpaired) electrons. The van der Waals surface area contributed by atoms with Gasteiger partial charge in [0.2, 0.25) is 5.82 Å². The Kier molecular flexibility index (Phi) is 5.41. The van der Waals surface area contributed by atoms with E-state index in [1.165, 1.54) is 11.3 Å². The number of carbonyl (C=O) groups is 2. The Bertz CT molecular complexity index is 1200. The van der Waals surface area contributed by atoms with Gasteiger partial charge in [-0.05, 0) is 34.7 Å². The van der Waals surface area contributed by atoms with Crippen LogP contribution in [0.3, 0.4) is 0 Å². The molecule has 0 atom stereocenters. The fraction of sp³-hybridized carbons (Fsp3) is 0.0909. The van der Waals surface area contributed by atoms with Gasteiger partial charge < -0.3 is 15.8 Å². The van der Waals surface area contributed by atoms with E-state index in [-0.39, 0.29) is 12.2 Å². The van der Waals surface area contributed by atoms with Gasteiger partial charge in [-0.3, -0.25) is 4.79 Å². The van der Waals surface area contributed by atoms with Crippen molar-refractivity contribution in [2.45, 2.75) is 13.0 Å². The fourth-order valence-electron chi connectivity index (χ4n) is 3.11. The smallest absolute Gasteiger partial charge is 0.293 e. The number of anilines is 1. The highest BCUT2D eigenvalue weighted by Crippen LogP contribution is 2.30. The molecule has 4 rings (SSSR count). The summed E-state index contributed by atoms with van der Waals surface area (Å²) in [7, 11) is 0. The van der Waals surface area contributed by atoms with Crippen LogP contribution in [0.2, 0.25) is 0 Å². The maximum Gasteiger partial charge on any atom is 0.293 e. The van der Waals surface area contributed by atoms with Crippen molar-refractivity contribution in [1.29, 1.82) is 0 Å². The average molecular weight is 402 g/mol. The summed E-state index contributed by atoms with van der Waals surface area (Å²) >= 11 is 1.45. The van der Waals surface area contributed by atoms with Crippen molar-refractivity contribution >= 4 is 39.4 Å². The van der Waals surface area contributed by atoms with Gasteiger partial charge in [-0.15, -0.1) is 11.3 Å². The monoisotopic (exact) mass is 402 g/mol. The van der Waals surface area contributed by atoms with Crippen molar-refractivity contribution in [1.82, 2.24) is 9.97 Å². The minimum Gasteiger partial charge on any atom is -0.326 e. The quantitative estimate of drug-likeness (QED) is 0.478. The van der Waals surface area contributed by atoms with Gasteiger partial charge in [0, 0.05) is 29.6 Å². The maximum atomic E-state index is 12.9. The molecule has 0 bridgehead atoms. The third kappa shape index (κ3) is 3.91. The van der Waals surface area contributed by atoms with Crippen LogP contribution in [0, 0.1) is 0 Å². The second-order valence-electron chi connectivity index (χ2n) is 6.42. The van der Waals surface area contributed by atoms with Crippen LogP contribution >= 0.6 is 11.3 Å². The van der Waals surface area contributed by atoms with E-state index in [1.54, 1.807) is 18.2 Å². The van der Waals surface area contributed by atoms with Crippen molar-refractivity contribution in [3.8, 4) is 11.3 Å². The highest BCUT2D eigenvalue weighted by Gasteiger charge is 2.17. The van der Waals surface area contributed by atoms with Gasteiger partial charge in [-0.1, -0.05) is 36.4 Å². The highest BCUT2D eigenvalue weighted by atomic mass is 32.1. The average Bonchev–Trinajstić information content (AvgIpc) is 3.23. The van der Waals surface area contributed by atoms with E-state index >= 15 is 0 Å². The molecule has 29 heavy (non-hydrogen) atoms. The SMILES string of the molecule is NCc1cccc(-c2nc(C(=O)Nc3ccccc3CC=O)nc3sccc23)c1. The van der Waals surface area contributed by atoms with Crippen LogP contribution in [0.25, 0.3) is 21.5 Å². The van der Waals surface area contributed by atoms with Crippen molar-refractivity contribution in [2.24, 2.45) is 5.73 Å². The summed E-state index contributed by atoms with van der Waals surface area (Å²) in [5.41, 5.74) is 9.65. The van der Waals surface area contributed by atoms with E-state index in [1.807, 2.05) is 41.8 Å². The minimum atomic E-state index is -0.421. The summed E-state index contributed by atoms with van der Waals surface area (Å²) in [5, 5.41) is 5.65. The number of nitrogens with two attached hydrogens (primary N) is 1. The molecule has 0 fully saturated rings. The number of nitrogens with zero attached hydrogens (tertiary/aromatic N) is 2. The molecule has 0 aliphatic carbocycles. The van der Waals surface area contributed by atoms with E-state index in [4.69, 9.17) is 5.73 Å². The summed E-state index contributed by atoms with van der Waals surface area (Å²) in [6.07, 6.45) is 1.03. The Labute approximate surface area is 171 Å². The van der Waals surface area contributed by atoms with Crippen LogP contribution in [-0.4, -0.2) is 22.2 Å². The Balaban J connectivity index is 1.75. The molecule has 2 heterocycles. The van der Waals surface area contributed by atoms with E-state index in [9.17, 15) is 9.59 Å². The van der Waals surface area contributed by atoms with Crippen LogP contribution < -0.4 is 11.1 Å². The van der Waals surface area contributed by atoms with Crippen LogP contribution in [0.5, 0.6) is 0 Å². The molecule has 2 aromatic carbocycles. The summed E-state index contributed by atoms with van der Waals surface area (Å²) in [6.45, 7) is 0.423. The number of nitrogens with one attached hydrogen (secondary N) is 1. The number of aldehydes is 1.